The minimum absolute atomic E-state index is 0.0693. The summed E-state index contributed by atoms with van der Waals surface area (Å²) in [6.07, 6.45) is 5.18. The van der Waals surface area contributed by atoms with Gasteiger partial charge in [0, 0.05) is 30.2 Å². The summed E-state index contributed by atoms with van der Waals surface area (Å²) >= 11 is 0. The normalized spacial score (nSPS) is 10.6. The minimum Gasteiger partial charge on any atom is -0.298 e. The van der Waals surface area contributed by atoms with Crippen LogP contribution in [0.25, 0.3) is 16.9 Å². The first-order valence-corrected chi connectivity index (χ1v) is 6.09. The van der Waals surface area contributed by atoms with Crippen LogP contribution in [0.3, 0.4) is 0 Å². The number of aromatic nitrogens is 3. The summed E-state index contributed by atoms with van der Waals surface area (Å²) in [6, 6.07) is 6.56. The van der Waals surface area contributed by atoms with Gasteiger partial charge in [-0.05, 0) is 24.3 Å². The highest BCUT2D eigenvalue weighted by atomic mass is 19.1. The molecule has 21 heavy (non-hydrogen) atoms. The first kappa shape index (κ1) is 13.1. The van der Waals surface area contributed by atoms with Gasteiger partial charge in [-0.25, -0.2) is 13.5 Å². The van der Waals surface area contributed by atoms with E-state index < -0.39 is 11.6 Å². The molecular formula is C15H9F2N3O. The Hall–Kier alpha value is -2.89. The highest BCUT2D eigenvalue weighted by Gasteiger charge is 2.14. The van der Waals surface area contributed by atoms with Crippen molar-refractivity contribution in [1.82, 2.24) is 14.8 Å². The van der Waals surface area contributed by atoms with Crippen LogP contribution in [0.5, 0.6) is 0 Å². The molecule has 0 aliphatic rings. The molecule has 2 aromatic heterocycles. The Morgan fingerprint density at radius 2 is 1.86 bits per heavy atom. The number of halogens is 2. The molecule has 0 fully saturated rings. The third kappa shape index (κ3) is 2.43. The maximum atomic E-state index is 13.8. The Balaban J connectivity index is 2.14. The first-order chi connectivity index (χ1) is 10.2. The summed E-state index contributed by atoms with van der Waals surface area (Å²) in [5, 5.41) is 4.21. The standard InChI is InChI=1S/C15H9F2N3O/c16-12-1-2-14(13(17)7-12)20-8-11(9-21)15(19-20)10-3-5-18-6-4-10/h1-9H. The smallest absolute Gasteiger partial charge is 0.153 e. The Morgan fingerprint density at radius 3 is 2.52 bits per heavy atom. The van der Waals surface area contributed by atoms with Crippen molar-refractivity contribution in [2.24, 2.45) is 0 Å². The second-order valence-corrected chi connectivity index (χ2v) is 4.33. The summed E-state index contributed by atoms with van der Waals surface area (Å²) in [6.45, 7) is 0. The number of carbonyl (C=O) groups is 1. The number of pyridine rings is 1. The van der Waals surface area contributed by atoms with E-state index in [9.17, 15) is 13.6 Å². The van der Waals surface area contributed by atoms with E-state index in [-0.39, 0.29) is 5.69 Å². The topological polar surface area (TPSA) is 47.8 Å². The lowest BCUT2D eigenvalue weighted by molar-refractivity contribution is 0.112. The molecule has 4 nitrogen and oxygen atoms in total. The number of hydrogen-bond donors (Lipinski definition) is 0. The Bertz CT molecular complexity index is 800. The van der Waals surface area contributed by atoms with E-state index in [0.29, 0.717) is 23.1 Å². The fourth-order valence-electron chi connectivity index (χ4n) is 2.00. The van der Waals surface area contributed by atoms with Crippen molar-refractivity contribution in [2.75, 3.05) is 0 Å². The van der Waals surface area contributed by atoms with Gasteiger partial charge in [0.25, 0.3) is 0 Å². The number of rotatable bonds is 3. The lowest BCUT2D eigenvalue weighted by Crippen LogP contribution is -1.99. The zero-order valence-electron chi connectivity index (χ0n) is 10.7. The highest BCUT2D eigenvalue weighted by molar-refractivity contribution is 5.85. The predicted molar refractivity (Wildman–Crippen MR) is 72.1 cm³/mol. The van der Waals surface area contributed by atoms with Crippen molar-refractivity contribution in [1.29, 1.82) is 0 Å². The van der Waals surface area contributed by atoms with Crippen LogP contribution in [-0.4, -0.2) is 21.1 Å². The average molecular weight is 285 g/mol. The Kier molecular flexibility index (Phi) is 3.27. The molecular weight excluding hydrogens is 276 g/mol. The largest absolute Gasteiger partial charge is 0.298 e. The molecule has 0 bridgehead atoms. The van der Waals surface area contributed by atoms with Gasteiger partial charge in [-0.3, -0.25) is 9.78 Å². The summed E-state index contributed by atoms with van der Waals surface area (Å²) in [5.41, 5.74) is 1.48. The summed E-state index contributed by atoms with van der Waals surface area (Å²) in [4.78, 5) is 15.1. The van der Waals surface area contributed by atoms with E-state index in [1.54, 1.807) is 24.5 Å². The molecule has 3 aromatic rings. The lowest BCUT2D eigenvalue weighted by atomic mass is 10.1. The van der Waals surface area contributed by atoms with Crippen LogP contribution in [0.4, 0.5) is 8.78 Å². The Morgan fingerprint density at radius 1 is 1.10 bits per heavy atom. The molecule has 0 atom stereocenters. The molecule has 2 heterocycles. The minimum atomic E-state index is -0.753. The van der Waals surface area contributed by atoms with Crippen LogP contribution >= 0.6 is 0 Å². The van der Waals surface area contributed by atoms with Crippen molar-refractivity contribution >= 4 is 6.29 Å². The summed E-state index contributed by atoms with van der Waals surface area (Å²) in [5.74, 6) is -1.43. The summed E-state index contributed by atoms with van der Waals surface area (Å²) < 4.78 is 27.9. The van der Waals surface area contributed by atoms with E-state index in [1.807, 2.05) is 0 Å². The van der Waals surface area contributed by atoms with Gasteiger partial charge in [0.05, 0.1) is 5.56 Å². The molecule has 0 saturated carbocycles. The SMILES string of the molecule is O=Cc1cn(-c2ccc(F)cc2F)nc1-c1ccncc1. The molecule has 0 unspecified atom stereocenters. The molecule has 0 aliphatic carbocycles. The number of benzene rings is 1. The Labute approximate surface area is 118 Å². The van der Waals surface area contributed by atoms with Gasteiger partial charge in [-0.2, -0.15) is 5.10 Å². The molecule has 0 saturated heterocycles. The number of hydrogen-bond acceptors (Lipinski definition) is 3. The number of nitrogens with zero attached hydrogens (tertiary/aromatic N) is 3. The van der Waals surface area contributed by atoms with Gasteiger partial charge in [0.2, 0.25) is 0 Å². The van der Waals surface area contributed by atoms with Gasteiger partial charge in [-0.15, -0.1) is 0 Å². The van der Waals surface area contributed by atoms with Crippen molar-refractivity contribution in [3.05, 3.63) is 66.1 Å². The van der Waals surface area contributed by atoms with Crippen LogP contribution < -0.4 is 0 Å². The van der Waals surface area contributed by atoms with E-state index in [4.69, 9.17) is 0 Å². The van der Waals surface area contributed by atoms with E-state index in [2.05, 4.69) is 10.1 Å². The van der Waals surface area contributed by atoms with Gasteiger partial charge < -0.3 is 0 Å². The van der Waals surface area contributed by atoms with Crippen LogP contribution in [0.2, 0.25) is 0 Å². The monoisotopic (exact) mass is 285 g/mol. The van der Waals surface area contributed by atoms with Crippen molar-refractivity contribution in [2.45, 2.75) is 0 Å². The molecule has 6 heteroatoms. The third-order valence-electron chi connectivity index (χ3n) is 2.98. The average Bonchev–Trinajstić information content (AvgIpc) is 2.92. The first-order valence-electron chi connectivity index (χ1n) is 6.09. The molecule has 1 aromatic carbocycles. The highest BCUT2D eigenvalue weighted by Crippen LogP contribution is 2.23. The fourth-order valence-corrected chi connectivity index (χ4v) is 2.00. The van der Waals surface area contributed by atoms with Crippen LogP contribution in [-0.2, 0) is 0 Å². The van der Waals surface area contributed by atoms with Gasteiger partial charge >= 0.3 is 0 Å². The fraction of sp³-hybridized carbons (Fsp3) is 0. The molecule has 0 aliphatic heterocycles. The van der Waals surface area contributed by atoms with Crippen molar-refractivity contribution in [3.63, 3.8) is 0 Å². The zero-order valence-corrected chi connectivity index (χ0v) is 10.7. The number of carbonyl (C=O) groups excluding carboxylic acids is 1. The van der Waals surface area contributed by atoms with Gasteiger partial charge in [-0.1, -0.05) is 0 Å². The van der Waals surface area contributed by atoms with Crippen LogP contribution in [0.1, 0.15) is 10.4 Å². The molecule has 0 spiro atoms. The maximum Gasteiger partial charge on any atom is 0.153 e. The van der Waals surface area contributed by atoms with E-state index >= 15 is 0 Å². The molecule has 104 valence electrons. The molecule has 0 N–H and O–H groups in total. The lowest BCUT2D eigenvalue weighted by Gasteiger charge is -2.02. The maximum absolute atomic E-state index is 13.8. The van der Waals surface area contributed by atoms with Gasteiger partial charge in [0.15, 0.2) is 12.1 Å². The van der Waals surface area contributed by atoms with Crippen LogP contribution in [0, 0.1) is 11.6 Å². The van der Waals surface area contributed by atoms with Crippen molar-refractivity contribution in [3.8, 4) is 16.9 Å². The van der Waals surface area contributed by atoms with E-state index in [0.717, 1.165) is 12.1 Å². The quantitative estimate of drug-likeness (QED) is 0.695. The number of aldehydes is 1. The second kappa shape index (κ2) is 5.24. The second-order valence-electron chi connectivity index (χ2n) is 4.33. The zero-order chi connectivity index (χ0) is 14.8. The van der Waals surface area contributed by atoms with Crippen LogP contribution in [0.15, 0.2) is 48.9 Å². The third-order valence-corrected chi connectivity index (χ3v) is 2.98. The van der Waals surface area contributed by atoms with E-state index in [1.165, 1.54) is 16.9 Å². The summed E-state index contributed by atoms with van der Waals surface area (Å²) in [7, 11) is 0. The molecule has 0 amide bonds. The molecule has 0 radical (unpaired) electrons. The van der Waals surface area contributed by atoms with Gasteiger partial charge in [0.1, 0.15) is 17.2 Å². The van der Waals surface area contributed by atoms with Crippen molar-refractivity contribution < 1.29 is 13.6 Å². The predicted octanol–water partition coefficient (Wildman–Crippen LogP) is 3.03. The molecule has 3 rings (SSSR count).